The van der Waals surface area contributed by atoms with Crippen molar-refractivity contribution < 1.29 is 9.72 Å². The fraction of sp³-hybridized carbons (Fsp3) is 0.533. The predicted molar refractivity (Wildman–Crippen MR) is 84.7 cm³/mol. The molecule has 1 heterocycles. The Morgan fingerprint density at radius 2 is 2.14 bits per heavy atom. The number of carbonyl (C=O) groups is 1. The Kier molecular flexibility index (Phi) is 5.32. The lowest BCUT2D eigenvalue weighted by Gasteiger charge is -2.34. The fourth-order valence-corrected chi connectivity index (χ4v) is 2.81. The van der Waals surface area contributed by atoms with Crippen LogP contribution in [-0.2, 0) is 0 Å². The van der Waals surface area contributed by atoms with E-state index in [1.165, 1.54) is 12.1 Å². The largest absolute Gasteiger partial charge is 0.393 e. The second-order valence-electron chi connectivity index (χ2n) is 5.51. The fourth-order valence-electron chi connectivity index (χ4n) is 2.81. The van der Waals surface area contributed by atoms with E-state index in [4.69, 9.17) is 5.73 Å². The highest BCUT2D eigenvalue weighted by Crippen LogP contribution is 2.24. The van der Waals surface area contributed by atoms with Crippen LogP contribution in [-0.4, -0.2) is 41.4 Å². The summed E-state index contributed by atoms with van der Waals surface area (Å²) in [5.74, 6) is -0.156. The van der Waals surface area contributed by atoms with Crippen molar-refractivity contribution in [3.05, 3.63) is 33.9 Å². The van der Waals surface area contributed by atoms with Crippen LogP contribution in [0.5, 0.6) is 0 Å². The number of amides is 1. The van der Waals surface area contributed by atoms with Gasteiger partial charge in [0.05, 0.1) is 4.92 Å². The van der Waals surface area contributed by atoms with E-state index < -0.39 is 4.92 Å². The summed E-state index contributed by atoms with van der Waals surface area (Å²) in [5.41, 5.74) is 5.78. The third kappa shape index (κ3) is 3.54. The SMILES string of the molecule is CCCN(C(=O)c1ccc(N)c([N+](=O)[O-])c1)C1CCNCC1. The van der Waals surface area contributed by atoms with Crippen LogP contribution in [0.3, 0.4) is 0 Å². The lowest BCUT2D eigenvalue weighted by atomic mass is 10.0. The molecule has 1 aromatic rings. The van der Waals surface area contributed by atoms with Crippen molar-refractivity contribution in [1.29, 1.82) is 0 Å². The number of carbonyl (C=O) groups excluding carboxylic acids is 1. The van der Waals surface area contributed by atoms with E-state index in [2.05, 4.69) is 5.32 Å². The van der Waals surface area contributed by atoms with E-state index in [-0.39, 0.29) is 23.3 Å². The smallest absolute Gasteiger partial charge is 0.292 e. The number of rotatable bonds is 5. The van der Waals surface area contributed by atoms with Crippen molar-refractivity contribution in [2.75, 3.05) is 25.4 Å². The van der Waals surface area contributed by atoms with Gasteiger partial charge in [-0.3, -0.25) is 14.9 Å². The monoisotopic (exact) mass is 306 g/mol. The number of anilines is 1. The highest BCUT2D eigenvalue weighted by molar-refractivity contribution is 5.95. The molecule has 22 heavy (non-hydrogen) atoms. The minimum absolute atomic E-state index is 0.0745. The highest BCUT2D eigenvalue weighted by atomic mass is 16.6. The number of nitrogens with one attached hydrogen (secondary N) is 1. The molecule has 1 amide bonds. The topological polar surface area (TPSA) is 102 Å². The van der Waals surface area contributed by atoms with E-state index in [1.807, 2.05) is 11.8 Å². The number of nitro groups is 1. The molecule has 1 aromatic carbocycles. The van der Waals surface area contributed by atoms with Crippen LogP contribution in [0.15, 0.2) is 18.2 Å². The van der Waals surface area contributed by atoms with Gasteiger partial charge in [0, 0.05) is 24.2 Å². The summed E-state index contributed by atoms with van der Waals surface area (Å²) in [6, 6.07) is 4.46. The van der Waals surface area contributed by atoms with Gasteiger partial charge in [-0.2, -0.15) is 0 Å². The summed E-state index contributed by atoms with van der Waals surface area (Å²) in [6.45, 7) is 4.45. The molecule has 2 rings (SSSR count). The molecule has 0 radical (unpaired) electrons. The predicted octanol–water partition coefficient (Wildman–Crippen LogP) is 1.78. The molecule has 1 aliphatic heterocycles. The van der Waals surface area contributed by atoms with Crippen LogP contribution >= 0.6 is 0 Å². The minimum Gasteiger partial charge on any atom is -0.393 e. The maximum absolute atomic E-state index is 12.8. The molecule has 7 heteroatoms. The average Bonchev–Trinajstić information content (AvgIpc) is 2.53. The minimum atomic E-state index is -0.555. The Morgan fingerprint density at radius 1 is 1.45 bits per heavy atom. The van der Waals surface area contributed by atoms with Gasteiger partial charge < -0.3 is 16.0 Å². The molecule has 3 N–H and O–H groups in total. The first-order valence-electron chi connectivity index (χ1n) is 7.60. The van der Waals surface area contributed by atoms with Crippen LogP contribution in [0.25, 0.3) is 0 Å². The van der Waals surface area contributed by atoms with Crippen LogP contribution in [0.2, 0.25) is 0 Å². The number of nitro benzene ring substituents is 1. The van der Waals surface area contributed by atoms with Crippen LogP contribution in [0.1, 0.15) is 36.5 Å². The quantitative estimate of drug-likeness (QED) is 0.490. The molecule has 7 nitrogen and oxygen atoms in total. The van der Waals surface area contributed by atoms with E-state index >= 15 is 0 Å². The van der Waals surface area contributed by atoms with Crippen LogP contribution < -0.4 is 11.1 Å². The molecule has 0 bridgehead atoms. The molecule has 0 unspecified atom stereocenters. The molecule has 1 fully saturated rings. The summed E-state index contributed by atoms with van der Waals surface area (Å²) >= 11 is 0. The maximum Gasteiger partial charge on any atom is 0.292 e. The Hall–Kier alpha value is -2.15. The number of nitrogens with two attached hydrogens (primary N) is 1. The third-order valence-electron chi connectivity index (χ3n) is 3.95. The van der Waals surface area contributed by atoms with Crippen molar-refractivity contribution in [2.24, 2.45) is 0 Å². The standard InChI is InChI=1S/C15H22N4O3/c1-2-9-18(12-5-7-17-8-6-12)15(20)11-3-4-13(16)14(10-11)19(21)22/h3-4,10,12,17H,2,5-9,16H2,1H3. The second kappa shape index (κ2) is 7.22. The Bertz CT molecular complexity index is 556. The van der Waals surface area contributed by atoms with Gasteiger partial charge in [0.1, 0.15) is 5.69 Å². The van der Waals surface area contributed by atoms with Crippen molar-refractivity contribution in [3.8, 4) is 0 Å². The van der Waals surface area contributed by atoms with Crippen molar-refractivity contribution >= 4 is 17.3 Å². The number of hydrogen-bond donors (Lipinski definition) is 2. The summed E-state index contributed by atoms with van der Waals surface area (Å²) in [5, 5.41) is 14.3. The van der Waals surface area contributed by atoms with Crippen molar-refractivity contribution in [3.63, 3.8) is 0 Å². The van der Waals surface area contributed by atoms with Crippen molar-refractivity contribution in [2.45, 2.75) is 32.2 Å². The first kappa shape index (κ1) is 16.2. The molecular weight excluding hydrogens is 284 g/mol. The first-order valence-corrected chi connectivity index (χ1v) is 7.60. The number of hydrogen-bond acceptors (Lipinski definition) is 5. The number of nitrogens with zero attached hydrogens (tertiary/aromatic N) is 2. The van der Waals surface area contributed by atoms with Gasteiger partial charge >= 0.3 is 0 Å². The Morgan fingerprint density at radius 3 is 2.73 bits per heavy atom. The molecule has 0 aliphatic carbocycles. The second-order valence-corrected chi connectivity index (χ2v) is 5.51. The molecule has 0 spiro atoms. The first-order chi connectivity index (χ1) is 10.5. The average molecular weight is 306 g/mol. The summed E-state index contributed by atoms with van der Waals surface area (Å²) in [6.07, 6.45) is 2.67. The number of nitrogen functional groups attached to an aromatic ring is 1. The summed E-state index contributed by atoms with van der Waals surface area (Å²) < 4.78 is 0. The Balaban J connectivity index is 2.26. The molecule has 1 aliphatic rings. The zero-order valence-corrected chi connectivity index (χ0v) is 12.7. The zero-order chi connectivity index (χ0) is 16.1. The number of piperidine rings is 1. The zero-order valence-electron chi connectivity index (χ0n) is 12.7. The number of benzene rings is 1. The van der Waals surface area contributed by atoms with Crippen LogP contribution in [0, 0.1) is 10.1 Å². The highest BCUT2D eigenvalue weighted by Gasteiger charge is 2.26. The van der Waals surface area contributed by atoms with Gasteiger partial charge in [-0.1, -0.05) is 6.92 Å². The maximum atomic E-state index is 12.8. The van der Waals surface area contributed by atoms with Gasteiger partial charge in [0.2, 0.25) is 0 Å². The van der Waals surface area contributed by atoms with E-state index in [0.29, 0.717) is 12.1 Å². The molecule has 1 saturated heterocycles. The summed E-state index contributed by atoms with van der Waals surface area (Å²) in [7, 11) is 0. The van der Waals surface area contributed by atoms with Gasteiger partial charge in [-0.25, -0.2) is 0 Å². The lowest BCUT2D eigenvalue weighted by Crippen LogP contribution is -2.46. The normalized spacial score (nSPS) is 15.5. The van der Waals surface area contributed by atoms with Gasteiger partial charge in [-0.05, 0) is 44.5 Å². The Labute approximate surface area is 129 Å². The molecular formula is C15H22N4O3. The molecule has 0 aromatic heterocycles. The third-order valence-corrected chi connectivity index (χ3v) is 3.95. The van der Waals surface area contributed by atoms with Gasteiger partial charge in [-0.15, -0.1) is 0 Å². The van der Waals surface area contributed by atoms with Gasteiger partial charge in [0.15, 0.2) is 0 Å². The molecule has 120 valence electrons. The van der Waals surface area contributed by atoms with Crippen LogP contribution in [0.4, 0.5) is 11.4 Å². The van der Waals surface area contributed by atoms with E-state index in [9.17, 15) is 14.9 Å². The summed E-state index contributed by atoms with van der Waals surface area (Å²) in [4.78, 5) is 25.0. The van der Waals surface area contributed by atoms with E-state index in [0.717, 1.165) is 32.4 Å². The lowest BCUT2D eigenvalue weighted by molar-refractivity contribution is -0.383. The van der Waals surface area contributed by atoms with E-state index in [1.54, 1.807) is 6.07 Å². The van der Waals surface area contributed by atoms with Crippen molar-refractivity contribution in [1.82, 2.24) is 10.2 Å². The molecule has 0 saturated carbocycles. The molecule has 0 atom stereocenters. The van der Waals surface area contributed by atoms with Gasteiger partial charge in [0.25, 0.3) is 11.6 Å².